The number of nitro groups is 2. The number of fused-ring (bicyclic) bond motifs is 2. The summed E-state index contributed by atoms with van der Waals surface area (Å²) in [6, 6.07) is 9.10. The van der Waals surface area contributed by atoms with Crippen LogP contribution < -0.4 is 19.9 Å². The van der Waals surface area contributed by atoms with Crippen molar-refractivity contribution >= 4 is 51.3 Å². The Bertz CT molecular complexity index is 3520. The number of anilines is 2. The smallest absolute Gasteiger partial charge is 0.353 e. The number of methoxy groups -OCH3 is 2. The number of benzene rings is 4. The van der Waals surface area contributed by atoms with Crippen molar-refractivity contribution in [2.75, 3.05) is 19.1 Å². The quantitative estimate of drug-likeness (QED) is 0.0548. The Hall–Kier alpha value is -8.20. The van der Waals surface area contributed by atoms with Gasteiger partial charge in [0.15, 0.2) is 11.6 Å². The molecule has 0 radical (unpaired) electrons. The number of rotatable bonds is 10. The van der Waals surface area contributed by atoms with E-state index in [9.17, 15) is 43.4 Å². The number of aromatic nitrogens is 3. The van der Waals surface area contributed by atoms with Gasteiger partial charge in [0.1, 0.15) is 39.8 Å². The molecule has 1 aliphatic rings. The summed E-state index contributed by atoms with van der Waals surface area (Å²) in [5, 5.41) is 22.3. The summed E-state index contributed by atoms with van der Waals surface area (Å²) in [4.78, 5) is 70.5. The molecule has 7 aromatic rings. The lowest BCUT2D eigenvalue weighted by molar-refractivity contribution is -0.491. The Labute approximate surface area is 409 Å². The van der Waals surface area contributed by atoms with Crippen LogP contribution >= 0.6 is 11.6 Å². The van der Waals surface area contributed by atoms with E-state index in [1.807, 2.05) is 0 Å². The topological polar surface area (TPSA) is 190 Å². The third kappa shape index (κ3) is 8.51. The number of ether oxygens (including phenoxy) is 2. The highest BCUT2D eigenvalue weighted by atomic mass is 35.5. The number of pyridine rings is 3. The fourth-order valence-corrected chi connectivity index (χ4v) is 8.87. The van der Waals surface area contributed by atoms with Crippen LogP contribution in [0.3, 0.4) is 0 Å². The molecule has 1 unspecified atom stereocenters. The van der Waals surface area contributed by atoms with Crippen LogP contribution in [0.15, 0.2) is 77.9 Å². The minimum absolute atomic E-state index is 0.0232. The first kappa shape index (κ1) is 51.6. The highest BCUT2D eigenvalue weighted by molar-refractivity contribution is 6.37. The van der Waals surface area contributed by atoms with Crippen molar-refractivity contribution in [1.29, 1.82) is 0 Å². The highest BCUT2D eigenvalue weighted by Gasteiger charge is 2.51. The molecule has 3 aromatic heterocycles. The number of hydrogen-bond donors (Lipinski definition) is 0. The minimum Gasteiger partial charge on any atom is -0.496 e. The second kappa shape index (κ2) is 19.9. The average molecular weight is 1020 g/mol. The van der Waals surface area contributed by atoms with Crippen molar-refractivity contribution in [1.82, 2.24) is 14.5 Å². The molecule has 8 rings (SSSR count). The Morgan fingerprint density at radius 3 is 1.64 bits per heavy atom. The van der Waals surface area contributed by atoms with Crippen LogP contribution in [-0.4, -0.2) is 56.3 Å². The van der Waals surface area contributed by atoms with E-state index >= 15 is 17.6 Å². The largest absolute Gasteiger partial charge is 0.496 e. The van der Waals surface area contributed by atoms with Gasteiger partial charge in [0.2, 0.25) is 5.78 Å². The van der Waals surface area contributed by atoms with E-state index in [2.05, 4.69) is 9.97 Å². The predicted molar refractivity (Wildman–Crippen MR) is 253 cm³/mol. The molecular weight excluding hydrogens is 978 g/mol. The molecule has 0 spiro atoms. The maximum atomic E-state index is 16.3. The van der Waals surface area contributed by atoms with Gasteiger partial charge in [-0.1, -0.05) is 51.4 Å². The standard InChI is InChI=1S/C25H19ClF3N3O4.C25H20F3N3O5/c1-11(2)21-22(12(3)8-9-30-21)31-23-13(19(26)24(25(31)33)32(34)35)10-15(28)18(20(23)29)17-14(27)6-5-7-16(17)36-4;1-11(2)20-21(12(3)8-9-29-20)30-22-13(24(32)23(25(30)33)31(34)35)10-15(27)18(19(22)28)17-14(26)6-5-7-16(17)36-4/h5-11H,1-4H3;5-11,23H,1-4H3. The van der Waals surface area contributed by atoms with Gasteiger partial charge in [-0.15, -0.1) is 0 Å². The third-order valence-electron chi connectivity index (χ3n) is 11.8. The van der Waals surface area contributed by atoms with Gasteiger partial charge in [-0.05, 0) is 85.3 Å². The molecule has 1 amide bonds. The van der Waals surface area contributed by atoms with Gasteiger partial charge in [-0.25, -0.2) is 26.3 Å². The number of carbonyl (C=O) groups is 2. The van der Waals surface area contributed by atoms with Gasteiger partial charge in [0.25, 0.3) is 0 Å². The first-order valence-corrected chi connectivity index (χ1v) is 21.9. The van der Waals surface area contributed by atoms with Crippen molar-refractivity contribution in [3.63, 3.8) is 0 Å². The average Bonchev–Trinajstić information content (AvgIpc) is 3.31. The van der Waals surface area contributed by atoms with Gasteiger partial charge < -0.3 is 9.47 Å². The van der Waals surface area contributed by atoms with Crippen LogP contribution in [0.1, 0.15) is 72.4 Å². The number of carbonyl (C=O) groups excluding carboxylic acids is 2. The molecule has 1 atom stereocenters. The van der Waals surface area contributed by atoms with Crippen LogP contribution in [0, 0.1) is 69.0 Å². The van der Waals surface area contributed by atoms with Gasteiger partial charge in [-0.2, -0.15) is 0 Å². The molecular formula is C50H39ClF6N6O9. The van der Waals surface area contributed by atoms with Crippen molar-refractivity contribution in [3.8, 4) is 39.4 Å². The molecule has 4 aromatic carbocycles. The molecule has 0 aliphatic carbocycles. The maximum Gasteiger partial charge on any atom is 0.353 e. The molecule has 0 N–H and O–H groups in total. The maximum absolute atomic E-state index is 16.3. The first-order valence-electron chi connectivity index (χ1n) is 21.5. The molecule has 0 bridgehead atoms. The third-order valence-corrected chi connectivity index (χ3v) is 12.2. The summed E-state index contributed by atoms with van der Waals surface area (Å²) in [5.74, 6) is -11.1. The van der Waals surface area contributed by atoms with E-state index in [-0.39, 0.29) is 34.7 Å². The van der Waals surface area contributed by atoms with Crippen molar-refractivity contribution in [3.05, 3.63) is 172 Å². The van der Waals surface area contributed by atoms with Crippen LogP contribution in [-0.2, 0) is 4.79 Å². The SMILES string of the molecule is COc1cccc(F)c1-c1c(F)cc2c(Cl)c([N+](=O)[O-])c(=O)n(-c3c(C)ccnc3C(C)C)c2c1F.COc1cccc(F)c1-c1c(F)cc2c(c1F)N(c1c(C)ccnc1C(C)C)C(=O)C([N+](=O)[O-])C2=O. The minimum atomic E-state index is -2.43. The second-order valence-electron chi connectivity index (χ2n) is 16.8. The molecule has 22 heteroatoms. The normalized spacial score (nSPS) is 13.3. The predicted octanol–water partition coefficient (Wildman–Crippen LogP) is 11.6. The number of aryl methyl sites for hydroxylation is 2. The first-order chi connectivity index (χ1) is 34.0. The zero-order valence-electron chi connectivity index (χ0n) is 39.2. The van der Waals surface area contributed by atoms with Crippen molar-refractivity contribution in [2.45, 2.75) is 59.4 Å². The van der Waals surface area contributed by atoms with E-state index in [0.29, 0.717) is 33.5 Å². The molecule has 0 saturated carbocycles. The zero-order chi connectivity index (χ0) is 52.9. The van der Waals surface area contributed by atoms with E-state index < -0.39 is 123 Å². The lowest BCUT2D eigenvalue weighted by atomic mass is 9.90. The molecule has 372 valence electrons. The number of hydrogen-bond acceptors (Lipinski definition) is 11. The number of amides is 1. The molecule has 1 aliphatic heterocycles. The van der Waals surface area contributed by atoms with Gasteiger partial charge >= 0.3 is 23.2 Å². The van der Waals surface area contributed by atoms with Crippen molar-refractivity contribution < 1.29 is 55.3 Å². The summed E-state index contributed by atoms with van der Waals surface area (Å²) < 4.78 is 104. The van der Waals surface area contributed by atoms with E-state index in [0.717, 1.165) is 22.8 Å². The Balaban J connectivity index is 0.000000211. The van der Waals surface area contributed by atoms with E-state index in [4.69, 9.17) is 21.1 Å². The fourth-order valence-electron chi connectivity index (χ4n) is 8.57. The van der Waals surface area contributed by atoms with Crippen molar-refractivity contribution in [2.24, 2.45) is 0 Å². The van der Waals surface area contributed by atoms with Crippen LogP contribution in [0.25, 0.3) is 38.8 Å². The molecule has 15 nitrogen and oxygen atoms in total. The lowest BCUT2D eigenvalue weighted by Crippen LogP contribution is -2.51. The Kier molecular flexibility index (Phi) is 14.3. The summed E-state index contributed by atoms with van der Waals surface area (Å²) in [5.41, 5.74) is -5.51. The summed E-state index contributed by atoms with van der Waals surface area (Å²) >= 11 is 6.17. The van der Waals surface area contributed by atoms with Gasteiger partial charge in [0, 0.05) is 22.7 Å². The monoisotopic (exact) mass is 1020 g/mol. The van der Waals surface area contributed by atoms with Crippen LogP contribution in [0.4, 0.5) is 43.4 Å². The zero-order valence-corrected chi connectivity index (χ0v) is 39.9. The number of halogens is 7. The van der Waals surface area contributed by atoms with Crippen LogP contribution in [0.5, 0.6) is 11.5 Å². The number of Topliss-reactive ketones (excluding diaryl/α,β-unsaturated/α-hetero) is 1. The van der Waals surface area contributed by atoms with Gasteiger partial charge in [-0.3, -0.25) is 54.0 Å². The highest BCUT2D eigenvalue weighted by Crippen LogP contribution is 2.47. The molecule has 0 fully saturated rings. The summed E-state index contributed by atoms with van der Waals surface area (Å²) in [6.45, 7) is 10.2. The molecule has 0 saturated heterocycles. The summed E-state index contributed by atoms with van der Waals surface area (Å²) in [7, 11) is 2.39. The lowest BCUT2D eigenvalue weighted by Gasteiger charge is -2.33. The van der Waals surface area contributed by atoms with Crippen LogP contribution in [0.2, 0.25) is 5.02 Å². The Morgan fingerprint density at radius 2 is 1.15 bits per heavy atom. The number of nitrogens with zero attached hydrogens (tertiary/aromatic N) is 6. The van der Waals surface area contributed by atoms with E-state index in [1.54, 1.807) is 47.6 Å². The molecule has 72 heavy (non-hydrogen) atoms. The second-order valence-corrected chi connectivity index (χ2v) is 17.2. The van der Waals surface area contributed by atoms with E-state index in [1.165, 1.54) is 56.9 Å². The molecule has 4 heterocycles. The van der Waals surface area contributed by atoms with Gasteiger partial charge in [0.05, 0.1) is 80.9 Å². The number of ketones is 1. The summed E-state index contributed by atoms with van der Waals surface area (Å²) in [6.07, 6.45) is 2.94. The Morgan fingerprint density at radius 1 is 0.667 bits per heavy atom. The fraction of sp³-hybridized carbons (Fsp3) is 0.220.